The molecule has 1 saturated heterocycles. The molecule has 1 fully saturated rings. The highest BCUT2D eigenvalue weighted by Crippen LogP contribution is 2.27. The van der Waals surface area contributed by atoms with Gasteiger partial charge in [0.2, 0.25) is 0 Å². The Hall–Kier alpha value is -2.22. The van der Waals surface area contributed by atoms with E-state index >= 15 is 0 Å². The molecule has 0 saturated carbocycles. The van der Waals surface area contributed by atoms with Gasteiger partial charge in [-0.1, -0.05) is 0 Å². The number of benzene rings is 1. The Bertz CT molecular complexity index is 544. The van der Waals surface area contributed by atoms with Crippen LogP contribution in [0.2, 0.25) is 0 Å². The number of piperidine rings is 1. The van der Waals surface area contributed by atoms with Gasteiger partial charge in [-0.15, -0.1) is 0 Å². The number of anilines is 1. The lowest BCUT2D eigenvalue weighted by Gasteiger charge is -2.25. The fraction of sp³-hybridized carbons (Fsp3) is 0.417. The van der Waals surface area contributed by atoms with Crippen LogP contribution in [0.5, 0.6) is 0 Å². The first-order chi connectivity index (χ1) is 9.49. The Morgan fingerprint density at radius 3 is 2.65 bits per heavy atom. The van der Waals surface area contributed by atoms with Gasteiger partial charge in [0.1, 0.15) is 5.56 Å². The molecule has 0 amide bonds. The Morgan fingerprint density at radius 2 is 2.10 bits per heavy atom. The van der Waals surface area contributed by atoms with Crippen LogP contribution in [-0.2, 0) is 0 Å². The first-order valence-electron chi connectivity index (χ1n) is 6.17. The van der Waals surface area contributed by atoms with Crippen molar-refractivity contribution in [2.75, 3.05) is 18.4 Å². The lowest BCUT2D eigenvalue weighted by molar-refractivity contribution is -0.385. The van der Waals surface area contributed by atoms with E-state index in [0.717, 1.165) is 32.0 Å². The zero-order chi connectivity index (χ0) is 14.7. The highest BCUT2D eigenvalue weighted by atomic mass is 19.1. The Morgan fingerprint density at radius 1 is 1.45 bits per heavy atom. The summed E-state index contributed by atoms with van der Waals surface area (Å²) >= 11 is 0. The Labute approximate surface area is 113 Å². The summed E-state index contributed by atoms with van der Waals surface area (Å²) in [5.41, 5.74) is -1.28. The highest BCUT2D eigenvalue weighted by molar-refractivity contribution is 5.93. The number of rotatable bonds is 4. The van der Waals surface area contributed by atoms with E-state index in [9.17, 15) is 19.3 Å². The van der Waals surface area contributed by atoms with Crippen molar-refractivity contribution in [3.8, 4) is 0 Å². The van der Waals surface area contributed by atoms with E-state index in [2.05, 4.69) is 10.6 Å². The molecule has 0 aliphatic carbocycles. The summed E-state index contributed by atoms with van der Waals surface area (Å²) in [5, 5.41) is 25.8. The van der Waals surface area contributed by atoms with E-state index in [4.69, 9.17) is 5.11 Å². The second kappa shape index (κ2) is 5.83. The molecule has 1 aromatic carbocycles. The average molecular weight is 283 g/mol. The number of carboxylic acid groups (broad SMARTS) is 1. The third-order valence-electron chi connectivity index (χ3n) is 3.21. The monoisotopic (exact) mass is 283 g/mol. The van der Waals surface area contributed by atoms with Crippen molar-refractivity contribution < 1.29 is 19.2 Å². The van der Waals surface area contributed by atoms with E-state index in [-0.39, 0.29) is 11.7 Å². The van der Waals surface area contributed by atoms with Gasteiger partial charge in [0.25, 0.3) is 5.69 Å². The van der Waals surface area contributed by atoms with Gasteiger partial charge < -0.3 is 15.7 Å². The van der Waals surface area contributed by atoms with Crippen molar-refractivity contribution in [3.05, 3.63) is 33.6 Å². The van der Waals surface area contributed by atoms with E-state index in [0.29, 0.717) is 6.07 Å². The van der Waals surface area contributed by atoms with Gasteiger partial charge in [-0.3, -0.25) is 10.1 Å². The first kappa shape index (κ1) is 14.2. The maximum absolute atomic E-state index is 13.8. The number of carboxylic acids is 1. The van der Waals surface area contributed by atoms with Gasteiger partial charge >= 0.3 is 5.97 Å². The number of halogens is 1. The molecule has 1 aromatic rings. The summed E-state index contributed by atoms with van der Waals surface area (Å²) in [6.07, 6.45) is 1.55. The molecule has 0 unspecified atom stereocenters. The number of aromatic carboxylic acids is 1. The van der Waals surface area contributed by atoms with Crippen LogP contribution in [0.3, 0.4) is 0 Å². The minimum Gasteiger partial charge on any atom is -0.477 e. The summed E-state index contributed by atoms with van der Waals surface area (Å²) in [5.74, 6) is -2.27. The molecule has 0 bridgehead atoms. The van der Waals surface area contributed by atoms with Crippen molar-refractivity contribution in [1.29, 1.82) is 0 Å². The molecular formula is C12H14FN3O4. The maximum atomic E-state index is 13.8. The number of carbonyl (C=O) groups is 1. The predicted octanol–water partition coefficient (Wildman–Crippen LogP) is 1.60. The quantitative estimate of drug-likeness (QED) is 0.572. The van der Waals surface area contributed by atoms with Crippen molar-refractivity contribution >= 4 is 17.3 Å². The van der Waals surface area contributed by atoms with Crippen molar-refractivity contribution in [3.63, 3.8) is 0 Å². The second-order valence-electron chi connectivity index (χ2n) is 4.58. The topological polar surface area (TPSA) is 104 Å². The lowest BCUT2D eigenvalue weighted by atomic mass is 10.1. The minimum absolute atomic E-state index is 0.0140. The SMILES string of the molecule is O=C(O)c1cc(NC2CCNCC2)c(F)cc1[N+](=O)[O-]. The molecule has 0 aromatic heterocycles. The van der Waals surface area contributed by atoms with Gasteiger partial charge in [-0.2, -0.15) is 0 Å². The van der Waals surface area contributed by atoms with Gasteiger partial charge in [0.15, 0.2) is 5.82 Å². The third kappa shape index (κ3) is 3.02. The fourth-order valence-electron chi connectivity index (χ4n) is 2.18. The molecule has 108 valence electrons. The molecule has 8 heteroatoms. The molecule has 20 heavy (non-hydrogen) atoms. The van der Waals surface area contributed by atoms with Crippen molar-refractivity contribution in [2.24, 2.45) is 0 Å². The molecule has 2 rings (SSSR count). The van der Waals surface area contributed by atoms with E-state index in [1.807, 2.05) is 0 Å². The van der Waals surface area contributed by atoms with Crippen molar-refractivity contribution in [1.82, 2.24) is 5.32 Å². The molecule has 7 nitrogen and oxygen atoms in total. The fourth-order valence-corrected chi connectivity index (χ4v) is 2.18. The lowest BCUT2D eigenvalue weighted by Crippen LogP contribution is -2.35. The molecular weight excluding hydrogens is 269 g/mol. The summed E-state index contributed by atoms with van der Waals surface area (Å²) in [6, 6.07) is 1.65. The standard InChI is InChI=1S/C12H14FN3O4/c13-9-6-11(16(19)20)8(12(17)18)5-10(9)15-7-1-3-14-4-2-7/h5-7,14-15H,1-4H2,(H,17,18). The molecule has 3 N–H and O–H groups in total. The number of nitrogens with one attached hydrogen (secondary N) is 2. The van der Waals surface area contributed by atoms with Crippen LogP contribution < -0.4 is 10.6 Å². The highest BCUT2D eigenvalue weighted by Gasteiger charge is 2.24. The molecule has 1 aliphatic rings. The smallest absolute Gasteiger partial charge is 0.342 e. The largest absolute Gasteiger partial charge is 0.477 e. The van der Waals surface area contributed by atoms with Crippen LogP contribution in [0.1, 0.15) is 23.2 Å². The van der Waals surface area contributed by atoms with Crippen LogP contribution in [0.4, 0.5) is 15.8 Å². The number of nitrogens with zero attached hydrogens (tertiary/aromatic N) is 1. The first-order valence-corrected chi connectivity index (χ1v) is 6.17. The number of nitro benzene ring substituents is 1. The summed E-state index contributed by atoms with van der Waals surface area (Å²) in [6.45, 7) is 1.58. The van der Waals surface area contributed by atoms with E-state index in [1.165, 1.54) is 0 Å². The van der Waals surface area contributed by atoms with Crippen LogP contribution >= 0.6 is 0 Å². The normalized spacial score (nSPS) is 15.8. The molecule has 0 radical (unpaired) electrons. The van der Waals surface area contributed by atoms with E-state index < -0.39 is 28.0 Å². The van der Waals surface area contributed by atoms with Crippen molar-refractivity contribution in [2.45, 2.75) is 18.9 Å². The average Bonchev–Trinajstić information content (AvgIpc) is 2.41. The maximum Gasteiger partial charge on any atom is 0.342 e. The Balaban J connectivity index is 2.31. The van der Waals surface area contributed by atoms with Gasteiger partial charge in [-0.25, -0.2) is 9.18 Å². The third-order valence-corrected chi connectivity index (χ3v) is 3.21. The minimum atomic E-state index is -1.45. The van der Waals surface area contributed by atoms with Crippen LogP contribution in [0.25, 0.3) is 0 Å². The van der Waals surface area contributed by atoms with Crippen LogP contribution in [-0.4, -0.2) is 35.1 Å². The van der Waals surface area contributed by atoms with E-state index in [1.54, 1.807) is 0 Å². The summed E-state index contributed by atoms with van der Waals surface area (Å²) in [4.78, 5) is 20.8. The van der Waals surface area contributed by atoms with Gasteiger partial charge in [-0.05, 0) is 32.0 Å². The zero-order valence-corrected chi connectivity index (χ0v) is 10.6. The molecule has 0 spiro atoms. The van der Waals surface area contributed by atoms with Gasteiger partial charge in [0, 0.05) is 6.04 Å². The predicted molar refractivity (Wildman–Crippen MR) is 69.5 cm³/mol. The summed E-state index contributed by atoms with van der Waals surface area (Å²) < 4.78 is 13.8. The van der Waals surface area contributed by atoms with Gasteiger partial charge in [0.05, 0.1) is 16.7 Å². The molecule has 1 heterocycles. The number of hydrogen-bond acceptors (Lipinski definition) is 5. The van der Waals surface area contributed by atoms with Crippen LogP contribution in [0, 0.1) is 15.9 Å². The Kier molecular flexibility index (Phi) is 4.14. The number of nitro groups is 1. The zero-order valence-electron chi connectivity index (χ0n) is 10.6. The van der Waals surface area contributed by atoms with Crippen LogP contribution in [0.15, 0.2) is 12.1 Å². The molecule has 1 aliphatic heterocycles. The number of hydrogen-bond donors (Lipinski definition) is 3. The second-order valence-corrected chi connectivity index (χ2v) is 4.58. The molecule has 0 atom stereocenters. The summed E-state index contributed by atoms with van der Waals surface area (Å²) in [7, 11) is 0.